The molecule has 2 atom stereocenters. The molecule has 2 aliphatic rings. The summed E-state index contributed by atoms with van der Waals surface area (Å²) in [6.45, 7) is 8.51. The van der Waals surface area contributed by atoms with Crippen LogP contribution in [0.2, 0.25) is 0 Å². The number of likely N-dealkylation sites (tertiary alicyclic amines) is 1. The van der Waals surface area contributed by atoms with Gasteiger partial charge in [0.2, 0.25) is 0 Å². The van der Waals surface area contributed by atoms with E-state index in [1.807, 2.05) is 25.7 Å². The number of hydrogen-bond acceptors (Lipinski definition) is 4. The van der Waals surface area contributed by atoms with Gasteiger partial charge in [-0.1, -0.05) is 0 Å². The van der Waals surface area contributed by atoms with E-state index in [0.717, 1.165) is 26.1 Å². The van der Waals surface area contributed by atoms with Crippen LogP contribution in [0, 0.1) is 5.92 Å². The van der Waals surface area contributed by atoms with E-state index in [9.17, 15) is 18.0 Å². The van der Waals surface area contributed by atoms with Crippen molar-refractivity contribution >= 4 is 12.1 Å². The summed E-state index contributed by atoms with van der Waals surface area (Å²) in [7, 11) is 0. The lowest BCUT2D eigenvalue weighted by molar-refractivity contribution is -0.192. The Morgan fingerprint density at radius 1 is 1.22 bits per heavy atom. The summed E-state index contributed by atoms with van der Waals surface area (Å²) in [6.07, 6.45) is -2.99. The van der Waals surface area contributed by atoms with E-state index in [1.54, 1.807) is 0 Å². The van der Waals surface area contributed by atoms with Crippen molar-refractivity contribution in [2.24, 2.45) is 5.92 Å². The first-order valence-corrected chi connectivity index (χ1v) is 7.41. The molecular weight excluding hydrogens is 317 g/mol. The van der Waals surface area contributed by atoms with Gasteiger partial charge in [0.1, 0.15) is 5.60 Å². The van der Waals surface area contributed by atoms with Gasteiger partial charge in [-0.25, -0.2) is 9.59 Å². The summed E-state index contributed by atoms with van der Waals surface area (Å²) in [5.74, 6) is -2.13. The lowest BCUT2D eigenvalue weighted by Crippen LogP contribution is -2.48. The van der Waals surface area contributed by atoms with Gasteiger partial charge in [0.05, 0.1) is 0 Å². The van der Waals surface area contributed by atoms with Crippen LogP contribution in [0.5, 0.6) is 0 Å². The highest BCUT2D eigenvalue weighted by Crippen LogP contribution is 2.25. The van der Waals surface area contributed by atoms with Crippen molar-refractivity contribution in [3.05, 3.63) is 0 Å². The highest BCUT2D eigenvalue weighted by atomic mass is 19.4. The number of fused-ring (bicyclic) bond motifs is 1. The maximum Gasteiger partial charge on any atom is 0.490 e. The highest BCUT2D eigenvalue weighted by Gasteiger charge is 2.38. The van der Waals surface area contributed by atoms with Crippen LogP contribution in [0.1, 0.15) is 33.6 Å². The molecule has 0 bridgehead atoms. The summed E-state index contributed by atoms with van der Waals surface area (Å²) in [5.41, 5.74) is -0.387. The monoisotopic (exact) mass is 340 g/mol. The average molecular weight is 340 g/mol. The molecule has 0 aromatic rings. The third-order valence-corrected chi connectivity index (χ3v) is 3.55. The topological polar surface area (TPSA) is 78.9 Å². The summed E-state index contributed by atoms with van der Waals surface area (Å²) in [5, 5.41) is 10.6. The van der Waals surface area contributed by atoms with Crippen LogP contribution < -0.4 is 5.32 Å². The molecule has 0 aromatic heterocycles. The molecule has 0 saturated carbocycles. The van der Waals surface area contributed by atoms with Gasteiger partial charge in [0.25, 0.3) is 0 Å². The molecule has 2 heterocycles. The van der Waals surface area contributed by atoms with Crippen LogP contribution in [0.25, 0.3) is 0 Å². The number of nitrogens with one attached hydrogen (secondary N) is 1. The van der Waals surface area contributed by atoms with E-state index in [0.29, 0.717) is 12.0 Å². The molecule has 2 aliphatic heterocycles. The number of aliphatic carboxylic acids is 1. The van der Waals surface area contributed by atoms with Crippen molar-refractivity contribution in [3.63, 3.8) is 0 Å². The van der Waals surface area contributed by atoms with Crippen LogP contribution in [-0.4, -0.2) is 59.5 Å². The van der Waals surface area contributed by atoms with Gasteiger partial charge in [0, 0.05) is 19.1 Å². The van der Waals surface area contributed by atoms with Gasteiger partial charge in [-0.05, 0) is 46.1 Å². The number of nitrogens with zero attached hydrogens (tertiary/aromatic N) is 1. The number of alkyl halides is 3. The van der Waals surface area contributed by atoms with E-state index in [1.165, 1.54) is 6.42 Å². The summed E-state index contributed by atoms with van der Waals surface area (Å²) in [6, 6.07) is 0.624. The number of carbonyl (C=O) groups is 2. The molecular formula is C14H23F3N2O4. The van der Waals surface area contributed by atoms with Crippen molar-refractivity contribution in [1.82, 2.24) is 10.2 Å². The number of hydrogen-bond donors (Lipinski definition) is 2. The summed E-state index contributed by atoms with van der Waals surface area (Å²) in [4.78, 5) is 22.6. The minimum atomic E-state index is -5.08. The van der Waals surface area contributed by atoms with Crippen LogP contribution in [-0.2, 0) is 9.53 Å². The number of carboxylic acid groups (broad SMARTS) is 1. The zero-order chi connectivity index (χ0) is 17.8. The highest BCUT2D eigenvalue weighted by molar-refractivity contribution is 5.73. The van der Waals surface area contributed by atoms with Crippen molar-refractivity contribution in [3.8, 4) is 0 Å². The largest absolute Gasteiger partial charge is 0.490 e. The molecule has 0 aromatic carbocycles. The molecule has 0 aliphatic carbocycles. The second-order valence-corrected chi connectivity index (χ2v) is 6.63. The summed E-state index contributed by atoms with van der Waals surface area (Å²) >= 11 is 0. The lowest BCUT2D eigenvalue weighted by Gasteiger charge is -2.35. The first-order valence-electron chi connectivity index (χ1n) is 7.41. The molecule has 2 saturated heterocycles. The van der Waals surface area contributed by atoms with Gasteiger partial charge in [-0.15, -0.1) is 0 Å². The normalized spacial score (nSPS) is 24.3. The molecule has 2 N–H and O–H groups in total. The predicted octanol–water partition coefficient (Wildman–Crippen LogP) is 2.24. The Hall–Kier alpha value is -1.51. The molecule has 9 heteroatoms. The minimum Gasteiger partial charge on any atom is -0.475 e. The second-order valence-electron chi connectivity index (χ2n) is 6.63. The van der Waals surface area contributed by atoms with E-state index >= 15 is 0 Å². The number of rotatable bonds is 0. The molecule has 2 rings (SSSR count). The van der Waals surface area contributed by atoms with E-state index in [4.69, 9.17) is 14.6 Å². The number of piperidine rings is 1. The smallest absolute Gasteiger partial charge is 0.475 e. The van der Waals surface area contributed by atoms with E-state index in [2.05, 4.69) is 5.32 Å². The Morgan fingerprint density at radius 3 is 2.26 bits per heavy atom. The molecule has 134 valence electrons. The fourth-order valence-corrected chi connectivity index (χ4v) is 2.54. The zero-order valence-electron chi connectivity index (χ0n) is 13.4. The van der Waals surface area contributed by atoms with E-state index < -0.39 is 12.1 Å². The molecule has 0 radical (unpaired) electrons. The van der Waals surface area contributed by atoms with Gasteiger partial charge in [-0.3, -0.25) is 0 Å². The average Bonchev–Trinajstić information content (AvgIpc) is 2.83. The Kier molecular flexibility index (Phi) is 6.26. The van der Waals surface area contributed by atoms with Gasteiger partial charge >= 0.3 is 18.2 Å². The number of halogens is 3. The van der Waals surface area contributed by atoms with Crippen molar-refractivity contribution in [1.29, 1.82) is 0 Å². The van der Waals surface area contributed by atoms with Crippen molar-refractivity contribution in [2.45, 2.75) is 51.4 Å². The predicted molar refractivity (Wildman–Crippen MR) is 76.0 cm³/mol. The van der Waals surface area contributed by atoms with Crippen LogP contribution in [0.4, 0.5) is 18.0 Å². The molecule has 0 unspecified atom stereocenters. The van der Waals surface area contributed by atoms with Crippen molar-refractivity contribution < 1.29 is 32.6 Å². The van der Waals surface area contributed by atoms with Crippen LogP contribution in [0.3, 0.4) is 0 Å². The third kappa shape index (κ3) is 6.64. The van der Waals surface area contributed by atoms with Crippen molar-refractivity contribution in [2.75, 3.05) is 19.6 Å². The standard InChI is InChI=1S/C12H22N2O2.C2HF3O2/c1-12(2,3)16-11(15)14-7-5-10-9(8-14)4-6-13-10;3-2(4,5)1(6)7/h9-10,13H,4-8H2,1-3H3;(H,6,7)/t9-,10+;/m0./s1. The lowest BCUT2D eigenvalue weighted by atomic mass is 9.94. The minimum absolute atomic E-state index is 0.155. The molecule has 0 spiro atoms. The Morgan fingerprint density at radius 2 is 1.78 bits per heavy atom. The number of carboxylic acids is 1. The number of amides is 1. The SMILES string of the molecule is CC(C)(C)OC(=O)N1CC[C@H]2NCC[C@H]2C1.O=C(O)C(F)(F)F. The fourth-order valence-electron chi connectivity index (χ4n) is 2.54. The fraction of sp³-hybridized carbons (Fsp3) is 0.857. The Balaban J connectivity index is 0.000000322. The Bertz CT molecular complexity index is 435. The first-order chi connectivity index (χ1) is 10.4. The van der Waals surface area contributed by atoms with E-state index in [-0.39, 0.29) is 11.7 Å². The number of carbonyl (C=O) groups excluding carboxylic acids is 1. The molecule has 6 nitrogen and oxygen atoms in total. The summed E-state index contributed by atoms with van der Waals surface area (Å²) < 4.78 is 37.1. The van der Waals surface area contributed by atoms with Gasteiger partial charge < -0.3 is 20.1 Å². The van der Waals surface area contributed by atoms with Gasteiger partial charge in [-0.2, -0.15) is 13.2 Å². The quantitative estimate of drug-likeness (QED) is 0.707. The first kappa shape index (κ1) is 19.5. The maximum absolute atomic E-state index is 11.9. The Labute approximate surface area is 133 Å². The number of ether oxygens (including phenoxy) is 1. The maximum atomic E-state index is 11.9. The molecule has 23 heavy (non-hydrogen) atoms. The molecule has 2 fully saturated rings. The molecule has 1 amide bonds. The zero-order valence-corrected chi connectivity index (χ0v) is 13.4. The second kappa shape index (κ2) is 7.37. The van der Waals surface area contributed by atoms with Gasteiger partial charge in [0.15, 0.2) is 0 Å². The van der Waals surface area contributed by atoms with Crippen LogP contribution >= 0.6 is 0 Å². The third-order valence-electron chi connectivity index (χ3n) is 3.55. The van der Waals surface area contributed by atoms with Crippen LogP contribution in [0.15, 0.2) is 0 Å².